The monoisotopic (exact) mass is 519 g/mol. The van der Waals surface area contributed by atoms with Gasteiger partial charge in [0.1, 0.15) is 0 Å². The van der Waals surface area contributed by atoms with Crippen LogP contribution in [0.25, 0.3) is 32.9 Å². The van der Waals surface area contributed by atoms with Crippen molar-refractivity contribution in [3.8, 4) is 11.1 Å². The Bertz CT molecular complexity index is 1930. The summed E-state index contributed by atoms with van der Waals surface area (Å²) in [6.45, 7) is 4.70. The molecule has 1 aromatic heterocycles. The summed E-state index contributed by atoms with van der Waals surface area (Å²) in [5, 5.41) is 8.70. The molecule has 2 unspecified atom stereocenters. The maximum absolute atomic E-state index is 5.40. The number of aromatic nitrogens is 1. The highest BCUT2D eigenvalue weighted by Crippen LogP contribution is 2.52. The zero-order valence-electron chi connectivity index (χ0n) is 22.7. The third-order valence-corrected chi connectivity index (χ3v) is 8.80. The van der Waals surface area contributed by atoms with E-state index in [1.807, 2.05) is 0 Å². The molecule has 2 aliphatic rings. The van der Waals surface area contributed by atoms with Gasteiger partial charge < -0.3 is 4.57 Å². The van der Waals surface area contributed by atoms with Gasteiger partial charge in [-0.2, -0.15) is 4.99 Å². The number of nitrogens with one attached hydrogen (secondary N) is 1. The topological polar surface area (TPSA) is 45.9 Å². The van der Waals surface area contributed by atoms with Gasteiger partial charge in [0.25, 0.3) is 0 Å². The first kappa shape index (κ1) is 23.4. The summed E-state index contributed by atoms with van der Waals surface area (Å²) in [4.78, 5) is 5.40. The van der Waals surface area contributed by atoms with Crippen LogP contribution in [0.15, 0.2) is 126 Å². The van der Waals surface area contributed by atoms with Gasteiger partial charge in [-0.1, -0.05) is 117 Å². The standard InChI is InChI=1S/C36H30N4/c1-36(2)28-19-11-9-18-27(28)31-29(36)22-21-26-25-17-10-12-20-30(25)40(32(26)31)35-38-33(23-13-5-3-6-14-23)37-34(39-35)24-15-7-4-8-16-24/h3-22,33,35,38H,1-2H3,(H,37,39)/p+1. The zero-order chi connectivity index (χ0) is 26.8. The number of benzene rings is 5. The Hall–Kier alpha value is -4.51. The lowest BCUT2D eigenvalue weighted by atomic mass is 9.82. The number of nitrogens with zero attached hydrogens (tertiary/aromatic N) is 2. The lowest BCUT2D eigenvalue weighted by Crippen LogP contribution is -2.93. The number of hydrogen-bond donors (Lipinski definition) is 2. The summed E-state index contributed by atoms with van der Waals surface area (Å²) < 4.78 is 2.45. The normalized spacial score (nSPS) is 19.4. The number of aliphatic imine (C=N–C) groups is 1. The fourth-order valence-electron chi connectivity index (χ4n) is 6.87. The molecule has 0 fully saturated rings. The van der Waals surface area contributed by atoms with E-state index in [0.717, 1.165) is 11.4 Å². The maximum atomic E-state index is 5.40. The second kappa shape index (κ2) is 8.75. The minimum Gasteiger partial charge on any atom is -0.304 e. The first-order valence-electron chi connectivity index (χ1n) is 14.1. The molecular formula is C36H31N4+. The van der Waals surface area contributed by atoms with Crippen LogP contribution in [-0.2, 0) is 5.41 Å². The molecular weight excluding hydrogens is 488 g/mol. The van der Waals surface area contributed by atoms with Crippen LogP contribution in [0, 0.1) is 0 Å². The number of amidine groups is 1. The second-order valence-corrected chi connectivity index (χ2v) is 11.4. The van der Waals surface area contributed by atoms with Crippen molar-refractivity contribution in [1.29, 1.82) is 0 Å². The molecule has 2 heterocycles. The first-order chi connectivity index (χ1) is 19.6. The minimum atomic E-state index is -0.282. The quantitative estimate of drug-likeness (QED) is 0.263. The second-order valence-electron chi connectivity index (χ2n) is 11.4. The van der Waals surface area contributed by atoms with Gasteiger partial charge in [-0.25, -0.2) is 5.32 Å². The predicted molar refractivity (Wildman–Crippen MR) is 163 cm³/mol. The van der Waals surface area contributed by atoms with E-state index in [-0.39, 0.29) is 17.9 Å². The Balaban J connectivity index is 1.44. The minimum absolute atomic E-state index is 0.0237. The van der Waals surface area contributed by atoms with Crippen molar-refractivity contribution in [2.24, 2.45) is 4.99 Å². The van der Waals surface area contributed by atoms with Crippen molar-refractivity contribution in [3.05, 3.63) is 144 Å². The molecule has 4 nitrogen and oxygen atoms in total. The molecule has 0 radical (unpaired) electrons. The van der Waals surface area contributed by atoms with E-state index in [1.54, 1.807) is 0 Å². The van der Waals surface area contributed by atoms with E-state index < -0.39 is 0 Å². The SMILES string of the molecule is CC1(C)c2ccccc2-c2c1ccc1c3ccccc3n(C3N=C(c4ccccc4)[NH2+]C(c4ccccc4)N3)c21. The van der Waals surface area contributed by atoms with Crippen molar-refractivity contribution in [1.82, 2.24) is 9.88 Å². The van der Waals surface area contributed by atoms with Crippen molar-refractivity contribution in [2.45, 2.75) is 31.7 Å². The average molecular weight is 520 g/mol. The number of fused-ring (bicyclic) bond motifs is 7. The van der Waals surface area contributed by atoms with Gasteiger partial charge in [-0.3, -0.25) is 5.32 Å². The van der Waals surface area contributed by atoms with Gasteiger partial charge in [0.15, 0.2) is 12.5 Å². The van der Waals surface area contributed by atoms with E-state index in [2.05, 4.69) is 150 Å². The average Bonchev–Trinajstić information content (AvgIpc) is 3.47. The summed E-state index contributed by atoms with van der Waals surface area (Å²) in [5.41, 5.74) is 10.1. The van der Waals surface area contributed by atoms with E-state index in [0.29, 0.717) is 0 Å². The molecule has 0 saturated carbocycles. The maximum Gasteiger partial charge on any atom is 0.231 e. The fourth-order valence-corrected chi connectivity index (χ4v) is 6.87. The van der Waals surface area contributed by atoms with Crippen molar-refractivity contribution in [2.75, 3.05) is 0 Å². The zero-order valence-corrected chi connectivity index (χ0v) is 22.7. The number of hydrogen-bond acceptors (Lipinski definition) is 2. The lowest BCUT2D eigenvalue weighted by Gasteiger charge is -2.30. The molecule has 0 saturated heterocycles. The number of para-hydroxylation sites is 1. The predicted octanol–water partition coefficient (Wildman–Crippen LogP) is 6.87. The van der Waals surface area contributed by atoms with Crippen LogP contribution in [0.3, 0.4) is 0 Å². The fraction of sp³-hybridized carbons (Fsp3) is 0.139. The summed E-state index contributed by atoms with van der Waals surface area (Å²) in [6, 6.07) is 43.6. The Morgan fingerprint density at radius 1 is 0.700 bits per heavy atom. The van der Waals surface area contributed by atoms with Crippen molar-refractivity contribution < 1.29 is 5.32 Å². The molecule has 6 aromatic rings. The van der Waals surface area contributed by atoms with Crippen LogP contribution in [0.2, 0.25) is 0 Å². The number of rotatable bonds is 3. The van der Waals surface area contributed by atoms with Gasteiger partial charge in [-0.15, -0.1) is 0 Å². The molecule has 0 amide bonds. The molecule has 1 aliphatic carbocycles. The number of nitrogens with two attached hydrogens (primary N) is 1. The Kier molecular flexibility index (Phi) is 5.12. The molecule has 4 heteroatoms. The highest BCUT2D eigenvalue weighted by Gasteiger charge is 2.39. The van der Waals surface area contributed by atoms with Gasteiger partial charge in [0, 0.05) is 27.3 Å². The molecule has 194 valence electrons. The molecule has 0 spiro atoms. The third kappa shape index (κ3) is 3.37. The molecule has 1 aliphatic heterocycles. The Morgan fingerprint density at radius 2 is 1.40 bits per heavy atom. The first-order valence-corrected chi connectivity index (χ1v) is 14.1. The molecule has 5 aromatic carbocycles. The molecule has 0 bridgehead atoms. The van der Waals surface area contributed by atoms with Gasteiger partial charge >= 0.3 is 0 Å². The van der Waals surface area contributed by atoms with Crippen LogP contribution < -0.4 is 10.6 Å². The summed E-state index contributed by atoms with van der Waals surface area (Å²) in [7, 11) is 0. The van der Waals surface area contributed by atoms with E-state index in [4.69, 9.17) is 4.99 Å². The molecule has 40 heavy (non-hydrogen) atoms. The molecule has 2 atom stereocenters. The summed E-state index contributed by atoms with van der Waals surface area (Å²) in [6.07, 6.45) is -0.259. The summed E-state index contributed by atoms with van der Waals surface area (Å²) >= 11 is 0. The highest BCUT2D eigenvalue weighted by atomic mass is 15.4. The van der Waals surface area contributed by atoms with Crippen LogP contribution >= 0.6 is 0 Å². The Morgan fingerprint density at radius 3 is 2.23 bits per heavy atom. The van der Waals surface area contributed by atoms with Crippen LogP contribution in [0.5, 0.6) is 0 Å². The number of quaternary nitrogens is 1. The van der Waals surface area contributed by atoms with E-state index >= 15 is 0 Å². The van der Waals surface area contributed by atoms with Gasteiger partial charge in [-0.05, 0) is 34.9 Å². The lowest BCUT2D eigenvalue weighted by molar-refractivity contribution is -0.601. The van der Waals surface area contributed by atoms with Crippen LogP contribution in [0.4, 0.5) is 0 Å². The smallest absolute Gasteiger partial charge is 0.231 e. The highest BCUT2D eigenvalue weighted by molar-refractivity contribution is 6.14. The summed E-state index contributed by atoms with van der Waals surface area (Å²) in [5.74, 6) is 1.01. The Labute approximate surface area is 234 Å². The van der Waals surface area contributed by atoms with Gasteiger partial charge in [0.2, 0.25) is 5.84 Å². The van der Waals surface area contributed by atoms with E-state index in [9.17, 15) is 0 Å². The van der Waals surface area contributed by atoms with Crippen molar-refractivity contribution >= 4 is 27.6 Å². The van der Waals surface area contributed by atoms with Gasteiger partial charge in [0.05, 0.1) is 16.6 Å². The van der Waals surface area contributed by atoms with Crippen LogP contribution in [0.1, 0.15) is 48.6 Å². The largest absolute Gasteiger partial charge is 0.304 e. The molecule has 8 rings (SSSR count). The van der Waals surface area contributed by atoms with Crippen molar-refractivity contribution in [3.63, 3.8) is 0 Å². The van der Waals surface area contributed by atoms with Crippen LogP contribution in [-0.4, -0.2) is 10.4 Å². The molecule has 3 N–H and O–H groups in total. The third-order valence-electron chi connectivity index (χ3n) is 8.80. The van der Waals surface area contributed by atoms with E-state index in [1.165, 1.54) is 49.6 Å².